The van der Waals surface area contributed by atoms with Crippen molar-refractivity contribution in [2.75, 3.05) is 6.54 Å². The summed E-state index contributed by atoms with van der Waals surface area (Å²) >= 11 is 9.40. The molecule has 0 spiro atoms. The molecule has 0 amide bonds. The average molecular weight is 334 g/mol. The van der Waals surface area contributed by atoms with Crippen molar-refractivity contribution in [3.63, 3.8) is 0 Å². The number of hydrogen-bond donors (Lipinski definition) is 2. The molecule has 0 saturated heterocycles. The van der Waals surface area contributed by atoms with E-state index < -0.39 is 0 Å². The number of rotatable bonds is 5. The average Bonchev–Trinajstić information content (AvgIpc) is 2.27. The first-order valence-corrected chi connectivity index (χ1v) is 7.37. The second-order valence-electron chi connectivity index (χ2n) is 5.66. The SMILES string of the molecule is CC(CNC(C)(C)C)NCc1ccc(Cl)c(Br)c1. The van der Waals surface area contributed by atoms with Gasteiger partial charge in [-0.15, -0.1) is 0 Å². The minimum Gasteiger partial charge on any atom is -0.311 e. The third-order valence-electron chi connectivity index (χ3n) is 2.58. The smallest absolute Gasteiger partial charge is 0.0548 e. The van der Waals surface area contributed by atoms with Crippen LogP contribution in [0.1, 0.15) is 33.3 Å². The summed E-state index contributed by atoms with van der Waals surface area (Å²) in [5, 5.41) is 7.73. The van der Waals surface area contributed by atoms with Crippen molar-refractivity contribution in [3.8, 4) is 0 Å². The Balaban J connectivity index is 2.38. The highest BCUT2D eigenvalue weighted by Crippen LogP contribution is 2.23. The monoisotopic (exact) mass is 332 g/mol. The van der Waals surface area contributed by atoms with Gasteiger partial charge in [0.15, 0.2) is 0 Å². The van der Waals surface area contributed by atoms with E-state index in [2.05, 4.69) is 60.3 Å². The van der Waals surface area contributed by atoms with Gasteiger partial charge in [-0.25, -0.2) is 0 Å². The molecule has 0 saturated carbocycles. The Morgan fingerprint density at radius 2 is 2.00 bits per heavy atom. The Morgan fingerprint density at radius 3 is 2.56 bits per heavy atom. The predicted octanol–water partition coefficient (Wildman–Crippen LogP) is 3.97. The third kappa shape index (κ3) is 6.19. The van der Waals surface area contributed by atoms with E-state index in [-0.39, 0.29) is 5.54 Å². The van der Waals surface area contributed by atoms with Crippen LogP contribution in [-0.2, 0) is 6.54 Å². The van der Waals surface area contributed by atoms with Crippen molar-refractivity contribution in [1.82, 2.24) is 10.6 Å². The molecule has 2 N–H and O–H groups in total. The molecule has 1 atom stereocenters. The lowest BCUT2D eigenvalue weighted by molar-refractivity contribution is 0.387. The van der Waals surface area contributed by atoms with Crippen LogP contribution in [0.5, 0.6) is 0 Å². The molecule has 1 unspecified atom stereocenters. The standard InChI is InChI=1S/C14H22BrClN2/c1-10(8-18-14(2,3)4)17-9-11-5-6-13(16)12(15)7-11/h5-7,10,17-18H,8-9H2,1-4H3. The van der Waals surface area contributed by atoms with E-state index in [0.717, 1.165) is 22.6 Å². The first kappa shape index (κ1) is 16.0. The molecule has 1 aromatic rings. The van der Waals surface area contributed by atoms with E-state index >= 15 is 0 Å². The predicted molar refractivity (Wildman–Crippen MR) is 83.2 cm³/mol. The van der Waals surface area contributed by atoms with E-state index in [0.29, 0.717) is 6.04 Å². The van der Waals surface area contributed by atoms with Gasteiger partial charge in [0.05, 0.1) is 5.02 Å². The van der Waals surface area contributed by atoms with E-state index in [9.17, 15) is 0 Å². The van der Waals surface area contributed by atoms with Gasteiger partial charge in [-0.1, -0.05) is 17.7 Å². The van der Waals surface area contributed by atoms with E-state index in [4.69, 9.17) is 11.6 Å². The third-order valence-corrected chi connectivity index (χ3v) is 3.79. The van der Waals surface area contributed by atoms with Crippen LogP contribution in [0.15, 0.2) is 22.7 Å². The summed E-state index contributed by atoms with van der Waals surface area (Å²) in [7, 11) is 0. The van der Waals surface area contributed by atoms with Crippen LogP contribution in [0.3, 0.4) is 0 Å². The van der Waals surface area contributed by atoms with Crippen LogP contribution in [-0.4, -0.2) is 18.1 Å². The van der Waals surface area contributed by atoms with Crippen molar-refractivity contribution < 1.29 is 0 Å². The lowest BCUT2D eigenvalue weighted by atomic mass is 10.1. The highest BCUT2D eigenvalue weighted by atomic mass is 79.9. The molecule has 0 aliphatic heterocycles. The highest BCUT2D eigenvalue weighted by Gasteiger charge is 2.10. The van der Waals surface area contributed by atoms with Crippen molar-refractivity contribution in [1.29, 1.82) is 0 Å². The van der Waals surface area contributed by atoms with Crippen molar-refractivity contribution >= 4 is 27.5 Å². The van der Waals surface area contributed by atoms with Crippen molar-refractivity contribution in [2.24, 2.45) is 0 Å². The van der Waals surface area contributed by atoms with Crippen molar-refractivity contribution in [2.45, 2.75) is 45.8 Å². The molecule has 0 heterocycles. The Morgan fingerprint density at radius 1 is 1.33 bits per heavy atom. The first-order valence-electron chi connectivity index (χ1n) is 6.20. The minimum absolute atomic E-state index is 0.166. The normalized spacial score (nSPS) is 13.7. The fourth-order valence-electron chi connectivity index (χ4n) is 1.47. The van der Waals surface area contributed by atoms with Crippen molar-refractivity contribution in [3.05, 3.63) is 33.3 Å². The molecular weight excluding hydrogens is 312 g/mol. The highest BCUT2D eigenvalue weighted by molar-refractivity contribution is 9.10. The zero-order valence-electron chi connectivity index (χ0n) is 11.5. The lowest BCUT2D eigenvalue weighted by Gasteiger charge is -2.24. The molecular formula is C14H22BrClN2. The summed E-state index contributed by atoms with van der Waals surface area (Å²) in [6, 6.07) is 6.45. The molecule has 1 aromatic carbocycles. The molecule has 102 valence electrons. The quantitative estimate of drug-likeness (QED) is 0.852. The Bertz CT molecular complexity index is 388. The number of nitrogens with one attached hydrogen (secondary N) is 2. The van der Waals surface area contributed by atoms with E-state index in [1.165, 1.54) is 5.56 Å². The van der Waals surface area contributed by atoms with Crippen LogP contribution in [0, 0.1) is 0 Å². The maximum absolute atomic E-state index is 5.97. The van der Waals surface area contributed by atoms with Crippen LogP contribution in [0.2, 0.25) is 5.02 Å². The largest absolute Gasteiger partial charge is 0.311 e. The summed E-state index contributed by atoms with van der Waals surface area (Å²) in [4.78, 5) is 0. The topological polar surface area (TPSA) is 24.1 Å². The zero-order valence-corrected chi connectivity index (χ0v) is 13.8. The van der Waals surface area contributed by atoms with Gasteiger partial charge in [0.1, 0.15) is 0 Å². The summed E-state index contributed by atoms with van der Waals surface area (Å²) in [6.45, 7) is 10.5. The molecule has 2 nitrogen and oxygen atoms in total. The molecule has 4 heteroatoms. The molecule has 1 rings (SSSR count). The van der Waals surface area contributed by atoms with Gasteiger partial charge in [0, 0.05) is 29.1 Å². The van der Waals surface area contributed by atoms with E-state index in [1.54, 1.807) is 0 Å². The molecule has 0 bridgehead atoms. The van der Waals surface area contributed by atoms with Crippen LogP contribution < -0.4 is 10.6 Å². The number of benzene rings is 1. The Labute approximate surface area is 124 Å². The Hall–Kier alpha value is -0.0900. The zero-order chi connectivity index (χ0) is 13.8. The van der Waals surface area contributed by atoms with Crippen LogP contribution in [0.4, 0.5) is 0 Å². The Kier molecular flexibility index (Phi) is 6.12. The van der Waals surface area contributed by atoms with E-state index in [1.807, 2.05) is 12.1 Å². The van der Waals surface area contributed by atoms with Crippen LogP contribution in [0.25, 0.3) is 0 Å². The maximum atomic E-state index is 5.97. The molecule has 0 aliphatic rings. The van der Waals surface area contributed by atoms with Gasteiger partial charge in [0.25, 0.3) is 0 Å². The summed E-state index contributed by atoms with van der Waals surface area (Å²) < 4.78 is 0.948. The fourth-order valence-corrected chi connectivity index (χ4v) is 2.02. The second kappa shape index (κ2) is 6.90. The molecule has 0 radical (unpaired) electrons. The fraction of sp³-hybridized carbons (Fsp3) is 0.571. The number of halogens is 2. The molecule has 0 fully saturated rings. The van der Waals surface area contributed by atoms with Crippen LogP contribution >= 0.6 is 27.5 Å². The summed E-state index contributed by atoms with van der Waals surface area (Å²) in [6.07, 6.45) is 0. The van der Waals surface area contributed by atoms with Gasteiger partial charge < -0.3 is 10.6 Å². The number of hydrogen-bond acceptors (Lipinski definition) is 2. The lowest BCUT2D eigenvalue weighted by Crippen LogP contribution is -2.44. The molecule has 0 aromatic heterocycles. The summed E-state index contributed by atoms with van der Waals surface area (Å²) in [5.74, 6) is 0. The second-order valence-corrected chi connectivity index (χ2v) is 6.92. The first-order chi connectivity index (χ1) is 8.28. The van der Waals surface area contributed by atoms with Gasteiger partial charge in [-0.05, 0) is 61.3 Å². The maximum Gasteiger partial charge on any atom is 0.0548 e. The minimum atomic E-state index is 0.166. The van der Waals surface area contributed by atoms with Gasteiger partial charge in [0.2, 0.25) is 0 Å². The molecule has 0 aliphatic carbocycles. The van der Waals surface area contributed by atoms with Gasteiger partial charge >= 0.3 is 0 Å². The summed E-state index contributed by atoms with van der Waals surface area (Å²) in [5.41, 5.74) is 1.40. The molecule has 18 heavy (non-hydrogen) atoms. The van der Waals surface area contributed by atoms with Gasteiger partial charge in [-0.2, -0.15) is 0 Å². The van der Waals surface area contributed by atoms with Gasteiger partial charge in [-0.3, -0.25) is 0 Å².